The van der Waals surface area contributed by atoms with Crippen LogP contribution in [0.2, 0.25) is 0 Å². The van der Waals surface area contributed by atoms with E-state index in [2.05, 4.69) is 4.90 Å². The van der Waals surface area contributed by atoms with E-state index in [0.717, 1.165) is 11.4 Å². The molecular weight excluding hydrogens is 947 g/mol. The van der Waals surface area contributed by atoms with Gasteiger partial charge in [0.2, 0.25) is 5.69 Å². The third kappa shape index (κ3) is 13.4. The van der Waals surface area contributed by atoms with E-state index >= 15 is 0 Å². The predicted molar refractivity (Wildman–Crippen MR) is 250 cm³/mol. The molecule has 1 fully saturated rings. The zero-order valence-electron chi connectivity index (χ0n) is 38.5. The van der Waals surface area contributed by atoms with Gasteiger partial charge in [0.15, 0.2) is 12.3 Å². The van der Waals surface area contributed by atoms with Crippen molar-refractivity contribution in [1.82, 2.24) is 5.06 Å². The Morgan fingerprint density at radius 3 is 2.01 bits per heavy atom. The SMILES string of the molecule is COCCOCC[N+]1=C(/C=C/C=C/C=C/C=C2/N(CCCCCC(=O)ON3C(=O)CCC3=O)c3ccc(S(=O)(=O)O)cc3C2(C)CCOC)C(C)(CCCS(=O)(=O)O)c2cc(S(=O)(=O)O)ccc21. The van der Waals surface area contributed by atoms with E-state index < -0.39 is 64.7 Å². The summed E-state index contributed by atoms with van der Waals surface area (Å²) in [5.41, 5.74) is 2.31. The van der Waals surface area contributed by atoms with Crippen molar-refractivity contribution < 1.29 is 76.9 Å². The lowest BCUT2D eigenvalue weighted by atomic mass is 9.76. The van der Waals surface area contributed by atoms with Crippen molar-refractivity contribution in [2.45, 2.75) is 92.3 Å². The van der Waals surface area contributed by atoms with Crippen LogP contribution in [-0.4, -0.2) is 132 Å². The lowest BCUT2D eigenvalue weighted by Crippen LogP contribution is -2.32. The highest BCUT2D eigenvalue weighted by atomic mass is 32.2. The van der Waals surface area contributed by atoms with Crippen molar-refractivity contribution >= 4 is 65.2 Å². The zero-order valence-corrected chi connectivity index (χ0v) is 41.0. The van der Waals surface area contributed by atoms with Crippen LogP contribution in [0.4, 0.5) is 11.4 Å². The third-order valence-corrected chi connectivity index (χ3v) is 14.7. The summed E-state index contributed by atoms with van der Waals surface area (Å²) in [4.78, 5) is 42.6. The van der Waals surface area contributed by atoms with Gasteiger partial charge in [-0.2, -0.15) is 29.8 Å². The Balaban J connectivity index is 1.42. The van der Waals surface area contributed by atoms with Gasteiger partial charge >= 0.3 is 5.97 Å². The number of amides is 2. The van der Waals surface area contributed by atoms with Crippen molar-refractivity contribution in [2.24, 2.45) is 0 Å². The molecule has 2 unspecified atom stereocenters. The normalized spacial score (nSPS) is 20.6. The maximum absolute atomic E-state index is 12.4. The molecular formula is C46H60N3O16S3+. The van der Waals surface area contributed by atoms with Crippen molar-refractivity contribution in [1.29, 1.82) is 0 Å². The molecule has 68 heavy (non-hydrogen) atoms. The predicted octanol–water partition coefficient (Wildman–Crippen LogP) is 5.40. The number of fused-ring (bicyclic) bond motifs is 2. The summed E-state index contributed by atoms with van der Waals surface area (Å²) in [6, 6.07) is 8.70. The molecule has 0 saturated carbocycles. The minimum atomic E-state index is -4.59. The highest BCUT2D eigenvalue weighted by Gasteiger charge is 2.48. The van der Waals surface area contributed by atoms with E-state index in [4.69, 9.17) is 19.0 Å². The van der Waals surface area contributed by atoms with Gasteiger partial charge in [0.25, 0.3) is 42.2 Å². The summed E-state index contributed by atoms with van der Waals surface area (Å²) in [6.07, 6.45) is 14.9. The van der Waals surface area contributed by atoms with Crippen molar-refractivity contribution in [3.63, 3.8) is 0 Å². The van der Waals surface area contributed by atoms with Crippen LogP contribution in [0.3, 0.4) is 0 Å². The van der Waals surface area contributed by atoms with E-state index in [1.165, 1.54) is 24.3 Å². The number of ether oxygens (including phenoxy) is 3. The van der Waals surface area contributed by atoms with Gasteiger partial charge in [0.05, 0.1) is 34.2 Å². The second-order valence-corrected chi connectivity index (χ2v) is 21.4. The fourth-order valence-corrected chi connectivity index (χ4v) is 10.2. The van der Waals surface area contributed by atoms with Crippen LogP contribution in [0, 0.1) is 0 Å². The number of anilines is 1. The number of hydrogen-bond donors (Lipinski definition) is 3. The fraction of sp³-hybridized carbons (Fsp3) is 0.478. The number of carbonyl (C=O) groups is 3. The number of carbonyl (C=O) groups excluding carboxylic acids is 3. The van der Waals surface area contributed by atoms with Crippen LogP contribution in [0.5, 0.6) is 0 Å². The number of rotatable bonds is 26. The Bertz CT molecular complexity index is 2700. The Kier molecular flexibility index (Phi) is 18.4. The van der Waals surface area contributed by atoms with Crippen molar-refractivity contribution in [3.05, 3.63) is 95.8 Å². The maximum atomic E-state index is 12.4. The first-order valence-electron chi connectivity index (χ1n) is 22.0. The first-order chi connectivity index (χ1) is 32.0. The molecule has 0 aliphatic carbocycles. The second kappa shape index (κ2) is 23.1. The summed E-state index contributed by atoms with van der Waals surface area (Å²) in [6.45, 7) is 5.87. The highest BCUT2D eigenvalue weighted by molar-refractivity contribution is 7.86. The number of unbranched alkanes of at least 4 members (excludes halogenated alkanes) is 2. The number of nitrogens with zero attached hydrogens (tertiary/aromatic N) is 3. The lowest BCUT2D eigenvalue weighted by Gasteiger charge is -2.30. The maximum Gasteiger partial charge on any atom is 0.333 e. The van der Waals surface area contributed by atoms with Gasteiger partial charge in [-0.1, -0.05) is 36.8 Å². The van der Waals surface area contributed by atoms with Gasteiger partial charge in [-0.3, -0.25) is 23.2 Å². The average molecular weight is 1010 g/mol. The molecule has 0 aromatic heterocycles. The van der Waals surface area contributed by atoms with E-state index in [-0.39, 0.29) is 48.5 Å². The van der Waals surface area contributed by atoms with E-state index in [1.807, 2.05) is 36.7 Å². The Hall–Kier alpha value is -4.91. The summed E-state index contributed by atoms with van der Waals surface area (Å²) >= 11 is 0. The van der Waals surface area contributed by atoms with Crippen LogP contribution >= 0.6 is 0 Å². The van der Waals surface area contributed by atoms with Gasteiger partial charge in [-0.25, -0.2) is 4.79 Å². The minimum Gasteiger partial charge on any atom is -0.385 e. The highest BCUT2D eigenvalue weighted by Crippen LogP contribution is 2.51. The summed E-state index contributed by atoms with van der Waals surface area (Å²) in [5, 5.41) is 0.522. The van der Waals surface area contributed by atoms with Crippen LogP contribution in [0.1, 0.15) is 82.8 Å². The van der Waals surface area contributed by atoms with Crippen LogP contribution < -0.4 is 4.90 Å². The molecule has 2 atom stereocenters. The molecule has 3 heterocycles. The molecule has 372 valence electrons. The van der Waals surface area contributed by atoms with Crippen molar-refractivity contribution in [2.75, 3.05) is 64.4 Å². The van der Waals surface area contributed by atoms with Gasteiger partial charge in [-0.15, -0.1) is 5.06 Å². The van der Waals surface area contributed by atoms with Crippen LogP contribution in [0.25, 0.3) is 0 Å². The Labute approximate surface area is 398 Å². The number of hydroxylamine groups is 2. The zero-order chi connectivity index (χ0) is 49.9. The number of allylic oxidation sites excluding steroid dienone is 8. The molecule has 19 nitrogen and oxygen atoms in total. The Morgan fingerprint density at radius 2 is 1.37 bits per heavy atom. The summed E-state index contributed by atoms with van der Waals surface area (Å²) in [7, 11) is -10.3. The topological polar surface area (TPSA) is 261 Å². The van der Waals surface area contributed by atoms with Gasteiger partial charge in [0, 0.05) is 81.1 Å². The molecule has 0 radical (unpaired) electrons. The second-order valence-electron chi connectivity index (χ2n) is 16.9. The van der Waals surface area contributed by atoms with Gasteiger partial charge < -0.3 is 23.9 Å². The number of imide groups is 1. The summed E-state index contributed by atoms with van der Waals surface area (Å²) < 4.78 is 120. The quantitative estimate of drug-likeness (QED) is 0.0350. The first-order valence-corrected chi connectivity index (χ1v) is 26.5. The van der Waals surface area contributed by atoms with Gasteiger partial charge in [-0.05, 0) is 87.9 Å². The van der Waals surface area contributed by atoms with Gasteiger partial charge in [0.1, 0.15) is 6.61 Å². The largest absolute Gasteiger partial charge is 0.385 e. The standard InChI is InChI=1S/C46H59N3O16S3/c1-45(23-13-31-66(53,54)55)36-32-34(67(56,57)58)18-20-39(36)48(26-28-64-30-29-63-4)40(45)14-9-6-5-7-10-15-41-46(2,24-27-62-3)37-33-35(68(59,60)61)17-19-38(37)47(41)25-12-8-11-16-44(52)65-49-42(50)21-22-43(49)51/h5-7,9-10,14-15,17-20,32-33H,8,11-13,16,21-31H2,1-4H3,(H2-,53,54,55,56,57,58,59,60,61)/p+1. The lowest BCUT2D eigenvalue weighted by molar-refractivity contribution is -0.442. The van der Waals surface area contributed by atoms with Crippen LogP contribution in [0.15, 0.2) is 94.4 Å². The molecule has 0 spiro atoms. The Morgan fingerprint density at radius 1 is 0.735 bits per heavy atom. The average Bonchev–Trinajstić information content (AvgIpc) is 3.79. The summed E-state index contributed by atoms with van der Waals surface area (Å²) in [5.74, 6) is -2.32. The minimum absolute atomic E-state index is 0.00419. The van der Waals surface area contributed by atoms with Crippen LogP contribution in [-0.2, 0) is 74.6 Å². The molecule has 2 aromatic carbocycles. The first kappa shape index (κ1) is 54.0. The molecule has 0 bridgehead atoms. The van der Waals surface area contributed by atoms with E-state index in [1.54, 1.807) is 50.7 Å². The third-order valence-electron chi connectivity index (χ3n) is 12.2. The number of methoxy groups -OCH3 is 2. The molecule has 3 aliphatic rings. The van der Waals surface area contributed by atoms with E-state index in [0.29, 0.717) is 86.2 Å². The smallest absolute Gasteiger partial charge is 0.333 e. The molecule has 2 aromatic rings. The fourth-order valence-electron chi connectivity index (χ4n) is 8.71. The molecule has 2 amide bonds. The monoisotopic (exact) mass is 1010 g/mol. The molecule has 3 aliphatic heterocycles. The molecule has 5 rings (SSSR count). The van der Waals surface area contributed by atoms with Crippen molar-refractivity contribution in [3.8, 4) is 0 Å². The number of benzene rings is 2. The molecule has 3 N–H and O–H groups in total. The molecule has 1 saturated heterocycles. The number of hydrogen-bond acceptors (Lipinski definition) is 14. The van der Waals surface area contributed by atoms with E-state index in [9.17, 15) is 53.3 Å². The molecule has 22 heteroatoms.